The lowest BCUT2D eigenvalue weighted by Crippen LogP contribution is -2.44. The van der Waals surface area contributed by atoms with Crippen LogP contribution in [0.3, 0.4) is 0 Å². The van der Waals surface area contributed by atoms with E-state index in [1.807, 2.05) is 19.2 Å². The van der Waals surface area contributed by atoms with E-state index in [9.17, 15) is 0 Å². The topological polar surface area (TPSA) is 79.6 Å². The molecule has 1 aliphatic heterocycles. The van der Waals surface area contributed by atoms with Crippen LogP contribution in [0, 0.1) is 0 Å². The summed E-state index contributed by atoms with van der Waals surface area (Å²) in [7, 11) is 3.59. The van der Waals surface area contributed by atoms with Crippen LogP contribution < -0.4 is 15.4 Å². The van der Waals surface area contributed by atoms with Gasteiger partial charge in [-0.3, -0.25) is 9.58 Å². The number of ether oxygens (including phenoxy) is 1. The maximum Gasteiger partial charge on any atom is 0.191 e. The molecule has 0 radical (unpaired) electrons. The van der Waals surface area contributed by atoms with Gasteiger partial charge < -0.3 is 15.4 Å². The van der Waals surface area contributed by atoms with Crippen LogP contribution in [0.2, 0.25) is 0 Å². The number of aliphatic imine (C=N–C) groups is 1. The highest BCUT2D eigenvalue weighted by Crippen LogP contribution is 2.25. The summed E-state index contributed by atoms with van der Waals surface area (Å²) in [6.07, 6.45) is 5.39. The minimum atomic E-state index is 0.292. The minimum absolute atomic E-state index is 0.292. The van der Waals surface area contributed by atoms with Gasteiger partial charge in [-0.25, -0.2) is 9.98 Å². The summed E-state index contributed by atoms with van der Waals surface area (Å²) in [4.78, 5) is 11.5. The fourth-order valence-corrected chi connectivity index (χ4v) is 3.66. The van der Waals surface area contributed by atoms with Crippen molar-refractivity contribution < 1.29 is 4.74 Å². The summed E-state index contributed by atoms with van der Waals surface area (Å²) in [5, 5.41) is 11.0. The van der Waals surface area contributed by atoms with Crippen LogP contribution >= 0.6 is 0 Å². The molecule has 0 amide bonds. The Balaban J connectivity index is 1.71. The lowest BCUT2D eigenvalue weighted by atomic mass is 10.0. The van der Waals surface area contributed by atoms with Crippen LogP contribution in [0.15, 0.2) is 35.6 Å². The highest BCUT2D eigenvalue weighted by atomic mass is 16.5. The SMILES string of the molecule is CCNC(=NCc1ncnn1C)NCC(c1ccc(OC)cc1)N1CCCCC1. The van der Waals surface area contributed by atoms with E-state index in [1.165, 1.54) is 24.8 Å². The highest BCUT2D eigenvalue weighted by Gasteiger charge is 2.22. The average Bonchev–Trinajstić information content (AvgIpc) is 3.18. The van der Waals surface area contributed by atoms with Gasteiger partial charge in [0.2, 0.25) is 0 Å². The van der Waals surface area contributed by atoms with E-state index in [4.69, 9.17) is 4.74 Å². The Morgan fingerprint density at radius 3 is 2.55 bits per heavy atom. The average molecular weight is 400 g/mol. The summed E-state index contributed by atoms with van der Waals surface area (Å²) in [5.74, 6) is 2.52. The standard InChI is InChI=1S/C21H33N7O/c1-4-22-21(24-15-20-25-16-26-27(20)2)23-14-19(28-12-6-5-7-13-28)17-8-10-18(29-3)11-9-17/h8-11,16,19H,4-7,12-15H2,1-3H3,(H2,22,23,24). The summed E-state index contributed by atoms with van der Waals surface area (Å²) >= 11 is 0. The number of aryl methyl sites for hydroxylation is 1. The zero-order valence-corrected chi connectivity index (χ0v) is 17.8. The first-order valence-electron chi connectivity index (χ1n) is 10.4. The van der Waals surface area contributed by atoms with Gasteiger partial charge in [-0.2, -0.15) is 5.10 Å². The lowest BCUT2D eigenvalue weighted by molar-refractivity contribution is 0.164. The van der Waals surface area contributed by atoms with Crippen LogP contribution in [-0.4, -0.2) is 58.9 Å². The molecule has 29 heavy (non-hydrogen) atoms. The fraction of sp³-hybridized carbons (Fsp3) is 0.571. The van der Waals surface area contributed by atoms with E-state index < -0.39 is 0 Å². The van der Waals surface area contributed by atoms with Gasteiger partial charge >= 0.3 is 0 Å². The molecule has 0 aliphatic carbocycles. The normalized spacial score (nSPS) is 16.4. The molecule has 0 spiro atoms. The number of likely N-dealkylation sites (tertiary alicyclic amines) is 1. The Labute approximate surface area is 173 Å². The zero-order valence-electron chi connectivity index (χ0n) is 17.8. The third kappa shape index (κ3) is 5.93. The monoisotopic (exact) mass is 399 g/mol. The quantitative estimate of drug-likeness (QED) is 0.523. The third-order valence-electron chi connectivity index (χ3n) is 5.32. The van der Waals surface area contributed by atoms with Gasteiger partial charge in [-0.15, -0.1) is 0 Å². The van der Waals surface area contributed by atoms with Gasteiger partial charge in [0, 0.05) is 20.1 Å². The van der Waals surface area contributed by atoms with Crippen molar-refractivity contribution in [1.29, 1.82) is 0 Å². The number of benzene rings is 1. The van der Waals surface area contributed by atoms with Crippen molar-refractivity contribution in [3.05, 3.63) is 42.0 Å². The maximum absolute atomic E-state index is 5.33. The van der Waals surface area contributed by atoms with E-state index in [1.54, 1.807) is 18.1 Å². The van der Waals surface area contributed by atoms with E-state index in [0.717, 1.165) is 43.7 Å². The molecule has 3 rings (SSSR count). The second-order valence-electron chi connectivity index (χ2n) is 7.26. The molecule has 2 aromatic rings. The van der Waals surface area contributed by atoms with Crippen molar-refractivity contribution in [2.75, 3.05) is 33.3 Å². The van der Waals surface area contributed by atoms with Crippen molar-refractivity contribution in [2.24, 2.45) is 12.0 Å². The highest BCUT2D eigenvalue weighted by molar-refractivity contribution is 5.79. The van der Waals surface area contributed by atoms with Crippen LogP contribution in [0.5, 0.6) is 5.75 Å². The number of piperidine rings is 1. The van der Waals surface area contributed by atoms with Crippen LogP contribution in [0.4, 0.5) is 0 Å². The van der Waals surface area contributed by atoms with Gasteiger partial charge in [-0.05, 0) is 50.6 Å². The molecule has 0 bridgehead atoms. The number of hydrogen-bond acceptors (Lipinski definition) is 5. The maximum atomic E-state index is 5.33. The molecule has 1 saturated heterocycles. The van der Waals surface area contributed by atoms with Crippen molar-refractivity contribution in [3.63, 3.8) is 0 Å². The van der Waals surface area contributed by atoms with Crippen molar-refractivity contribution >= 4 is 5.96 Å². The number of rotatable bonds is 8. The van der Waals surface area contributed by atoms with Gasteiger partial charge in [0.05, 0.1) is 13.2 Å². The molecule has 1 aliphatic rings. The smallest absolute Gasteiger partial charge is 0.191 e. The molecule has 1 atom stereocenters. The van der Waals surface area contributed by atoms with E-state index in [0.29, 0.717) is 12.6 Å². The van der Waals surface area contributed by atoms with E-state index in [2.05, 4.69) is 49.7 Å². The van der Waals surface area contributed by atoms with Crippen LogP contribution in [0.25, 0.3) is 0 Å². The first-order chi connectivity index (χ1) is 14.2. The summed E-state index contributed by atoms with van der Waals surface area (Å²) in [6.45, 7) is 6.42. The van der Waals surface area contributed by atoms with Gasteiger partial charge in [0.25, 0.3) is 0 Å². The minimum Gasteiger partial charge on any atom is -0.497 e. The summed E-state index contributed by atoms with van der Waals surface area (Å²) in [6, 6.07) is 8.71. The van der Waals surface area contributed by atoms with E-state index in [-0.39, 0.29) is 0 Å². The zero-order chi connectivity index (χ0) is 20.5. The molecule has 158 valence electrons. The lowest BCUT2D eigenvalue weighted by Gasteiger charge is -2.35. The first-order valence-corrected chi connectivity index (χ1v) is 10.4. The first kappa shape index (κ1) is 21.1. The second-order valence-corrected chi connectivity index (χ2v) is 7.26. The Hall–Kier alpha value is -2.61. The number of nitrogens with one attached hydrogen (secondary N) is 2. The molecule has 8 nitrogen and oxygen atoms in total. The molecule has 2 heterocycles. The predicted octanol–water partition coefficient (Wildman–Crippen LogP) is 2.11. The number of methoxy groups -OCH3 is 1. The van der Waals surface area contributed by atoms with Crippen molar-refractivity contribution in [2.45, 2.75) is 38.8 Å². The van der Waals surface area contributed by atoms with E-state index >= 15 is 0 Å². The van der Waals surface area contributed by atoms with Gasteiger partial charge in [0.1, 0.15) is 24.4 Å². The summed E-state index contributed by atoms with van der Waals surface area (Å²) in [5.41, 5.74) is 1.30. The molecular weight excluding hydrogens is 366 g/mol. The molecule has 1 fully saturated rings. The predicted molar refractivity (Wildman–Crippen MR) is 115 cm³/mol. The number of aromatic nitrogens is 3. The van der Waals surface area contributed by atoms with Gasteiger partial charge in [-0.1, -0.05) is 18.6 Å². The second kappa shape index (κ2) is 10.8. The van der Waals surface area contributed by atoms with Crippen LogP contribution in [0.1, 0.15) is 43.6 Å². The fourth-order valence-electron chi connectivity index (χ4n) is 3.66. The largest absolute Gasteiger partial charge is 0.497 e. The third-order valence-corrected chi connectivity index (χ3v) is 5.32. The van der Waals surface area contributed by atoms with Gasteiger partial charge in [0.15, 0.2) is 5.96 Å². The molecule has 8 heteroatoms. The van der Waals surface area contributed by atoms with Crippen molar-refractivity contribution in [1.82, 2.24) is 30.3 Å². The number of nitrogens with zero attached hydrogens (tertiary/aromatic N) is 5. The molecular formula is C21H33N7O. The molecule has 2 N–H and O–H groups in total. The molecule has 1 aromatic heterocycles. The molecule has 1 unspecified atom stereocenters. The Kier molecular flexibility index (Phi) is 7.86. The Morgan fingerprint density at radius 2 is 1.93 bits per heavy atom. The summed E-state index contributed by atoms with van der Waals surface area (Å²) < 4.78 is 7.08. The Morgan fingerprint density at radius 1 is 1.17 bits per heavy atom. The molecule has 0 saturated carbocycles. The number of hydrogen-bond donors (Lipinski definition) is 2. The van der Waals surface area contributed by atoms with Crippen LogP contribution in [-0.2, 0) is 13.6 Å². The van der Waals surface area contributed by atoms with Crippen molar-refractivity contribution in [3.8, 4) is 5.75 Å². The number of guanidine groups is 1. The molecule has 1 aromatic carbocycles. The Bertz CT molecular complexity index is 766.